The minimum atomic E-state index is -3.04. The van der Waals surface area contributed by atoms with Gasteiger partial charge in [-0.05, 0) is 12.1 Å². The molecule has 0 amide bonds. The number of hydrogen-bond donors (Lipinski definition) is 0. The van der Waals surface area contributed by atoms with Crippen molar-refractivity contribution in [1.29, 1.82) is 0 Å². The van der Waals surface area contributed by atoms with Crippen LogP contribution in [-0.2, 0) is 4.74 Å². The third-order valence-corrected chi connectivity index (χ3v) is 0.797. The highest BCUT2D eigenvalue weighted by molar-refractivity contribution is 5.89. The summed E-state index contributed by atoms with van der Waals surface area (Å²) in [5.41, 5.74) is -0.794. The van der Waals surface area contributed by atoms with Gasteiger partial charge >= 0.3 is 5.97 Å². The van der Waals surface area contributed by atoms with E-state index in [-0.39, 0.29) is 0 Å². The summed E-state index contributed by atoms with van der Waals surface area (Å²) < 4.78 is 61.0. The maximum atomic E-state index is 11.5. The van der Waals surface area contributed by atoms with Gasteiger partial charge in [-0.3, -0.25) is 0 Å². The predicted octanol–water partition coefficient (Wildman–Crippen LogP) is 1.47. The normalized spacial score (nSPS) is 21.6. The fraction of sp³-hybridized carbons (Fsp3) is 0.125. The molecule has 0 N–H and O–H groups in total. The Hall–Kier alpha value is -1.31. The highest BCUT2D eigenvalue weighted by Crippen LogP contribution is 1.98. The summed E-state index contributed by atoms with van der Waals surface area (Å²) >= 11 is 0. The summed E-state index contributed by atoms with van der Waals surface area (Å²) in [5.74, 6) is -1.48. The molecule has 0 saturated carbocycles. The average molecular weight is 144 g/mol. The van der Waals surface area contributed by atoms with Crippen LogP contribution in [0.3, 0.4) is 0 Å². The van der Waals surface area contributed by atoms with Crippen LogP contribution < -0.4 is 0 Å². The molecule has 0 radical (unpaired) electrons. The number of esters is 1. The molecule has 1 rings (SSSR count). The van der Waals surface area contributed by atoms with Crippen LogP contribution in [0.1, 0.15) is 21.3 Å². The molecule has 2 heteroatoms. The van der Waals surface area contributed by atoms with Crippen LogP contribution in [0.25, 0.3) is 0 Å². The summed E-state index contributed by atoms with van der Waals surface area (Å²) in [6, 6.07) is -3.72. The number of methoxy groups -OCH3 is 1. The van der Waals surface area contributed by atoms with Gasteiger partial charge in [-0.2, -0.15) is 0 Å². The molecular formula is C8H8O2. The molecule has 0 unspecified atom stereocenters. The minimum absolute atomic E-state index is 0.671. The van der Waals surface area contributed by atoms with Crippen molar-refractivity contribution in [2.24, 2.45) is 0 Å². The number of carbonyl (C=O) groups is 1. The Morgan fingerprint density at radius 3 is 2.90 bits per heavy atom. The second kappa shape index (κ2) is 3.01. The van der Waals surface area contributed by atoms with Crippen LogP contribution in [0.15, 0.2) is 30.2 Å². The molecule has 0 fully saturated rings. The van der Waals surface area contributed by atoms with Gasteiger partial charge in [0.1, 0.15) is 0 Å². The van der Waals surface area contributed by atoms with Crippen molar-refractivity contribution < 1.29 is 20.5 Å². The Kier molecular flexibility index (Phi) is 0.556. The van der Waals surface area contributed by atoms with E-state index < -0.39 is 48.8 Å². The molecule has 0 saturated heterocycles. The monoisotopic (exact) mass is 144 g/mol. The van der Waals surface area contributed by atoms with E-state index in [2.05, 4.69) is 4.74 Å². The fourth-order valence-corrected chi connectivity index (χ4v) is 0.403. The van der Waals surface area contributed by atoms with E-state index in [0.717, 1.165) is 0 Å². The van der Waals surface area contributed by atoms with E-state index in [4.69, 9.17) is 11.0 Å². The minimum Gasteiger partial charge on any atom is -0.465 e. The number of benzene rings is 1. The Bertz CT molecular complexity index is 478. The average Bonchev–Trinajstić information content (AvgIpc) is 2.21. The molecular weight excluding hydrogens is 128 g/mol. The Morgan fingerprint density at radius 1 is 1.60 bits per heavy atom. The first-order valence-electron chi connectivity index (χ1n) is 6.36. The first-order valence-corrected chi connectivity index (χ1v) is 2.36. The Morgan fingerprint density at radius 2 is 2.30 bits per heavy atom. The third-order valence-electron chi connectivity index (χ3n) is 0.797. The smallest absolute Gasteiger partial charge is 0.337 e. The molecule has 0 aliphatic heterocycles. The molecule has 10 heavy (non-hydrogen) atoms. The zero-order chi connectivity index (χ0) is 14.2. The van der Waals surface area contributed by atoms with Crippen molar-refractivity contribution in [2.75, 3.05) is 7.04 Å². The topological polar surface area (TPSA) is 26.3 Å². The van der Waals surface area contributed by atoms with E-state index in [9.17, 15) is 4.79 Å². The van der Waals surface area contributed by atoms with Crippen LogP contribution in [-0.4, -0.2) is 13.0 Å². The van der Waals surface area contributed by atoms with Gasteiger partial charge in [-0.15, -0.1) is 0 Å². The lowest BCUT2D eigenvalue weighted by atomic mass is 10.2. The maximum absolute atomic E-state index is 11.5. The second-order valence-corrected chi connectivity index (χ2v) is 1.39. The lowest BCUT2D eigenvalue weighted by molar-refractivity contribution is 0.0601. The summed E-state index contributed by atoms with van der Waals surface area (Å²) in [6.45, 7) is 0. The third kappa shape index (κ3) is 1.35. The molecule has 2 nitrogen and oxygen atoms in total. The van der Waals surface area contributed by atoms with Crippen LogP contribution in [0.4, 0.5) is 0 Å². The Balaban J connectivity index is 3.38. The lowest BCUT2D eigenvalue weighted by Crippen LogP contribution is -1.99. The van der Waals surface area contributed by atoms with Gasteiger partial charge in [0.15, 0.2) is 0 Å². The Labute approximate surface area is 70.7 Å². The van der Waals surface area contributed by atoms with Gasteiger partial charge in [0.2, 0.25) is 0 Å². The first kappa shape index (κ1) is 1.84. The maximum Gasteiger partial charge on any atom is 0.337 e. The fourth-order valence-electron chi connectivity index (χ4n) is 0.403. The SMILES string of the molecule is [2H]c1c([2H])c([2H])c(C(=O)OC([2H])([2H])[2H])c([2H])c1[2H]. The molecule has 0 bridgehead atoms. The standard InChI is InChI=1S/C8H8O2/c1-10-8(9)7-5-3-2-4-6-7/h2-6H,1H3/i1D3,2D,3D,4D,5D,6D. The zero-order valence-corrected chi connectivity index (χ0v) is 4.82. The number of carbonyl (C=O) groups excluding carboxylic acids is 1. The summed E-state index contributed by atoms with van der Waals surface area (Å²) in [7, 11) is -3.04. The van der Waals surface area contributed by atoms with Crippen LogP contribution in [0, 0.1) is 0 Å². The van der Waals surface area contributed by atoms with Gasteiger partial charge in [0.05, 0.1) is 23.6 Å². The number of ether oxygens (including phenoxy) is 1. The van der Waals surface area contributed by atoms with Crippen molar-refractivity contribution in [3.8, 4) is 0 Å². The predicted molar refractivity (Wildman–Crippen MR) is 37.8 cm³/mol. The van der Waals surface area contributed by atoms with E-state index >= 15 is 0 Å². The van der Waals surface area contributed by atoms with E-state index in [1.807, 2.05) is 0 Å². The van der Waals surface area contributed by atoms with Crippen molar-refractivity contribution in [2.45, 2.75) is 0 Å². The van der Waals surface area contributed by atoms with Crippen LogP contribution >= 0.6 is 0 Å². The first-order chi connectivity index (χ1) is 8.06. The summed E-state index contributed by atoms with van der Waals surface area (Å²) in [5, 5.41) is 0. The van der Waals surface area contributed by atoms with Crippen molar-refractivity contribution >= 4 is 5.97 Å². The molecule has 0 aromatic heterocycles. The van der Waals surface area contributed by atoms with Crippen molar-refractivity contribution in [3.63, 3.8) is 0 Å². The molecule has 0 aliphatic carbocycles. The highest BCUT2D eigenvalue weighted by Gasteiger charge is 2.00. The van der Waals surface area contributed by atoms with Gasteiger partial charge < -0.3 is 4.74 Å². The molecule has 0 spiro atoms. The summed E-state index contributed by atoms with van der Waals surface area (Å²) in [4.78, 5) is 11.5. The lowest BCUT2D eigenvalue weighted by Gasteiger charge is -1.95. The number of rotatable bonds is 1. The van der Waals surface area contributed by atoms with E-state index in [1.165, 1.54) is 0 Å². The highest BCUT2D eigenvalue weighted by atomic mass is 16.5. The zero-order valence-electron chi connectivity index (χ0n) is 12.8. The van der Waals surface area contributed by atoms with Crippen molar-refractivity contribution in [3.05, 3.63) is 35.8 Å². The molecule has 0 aliphatic rings. The van der Waals surface area contributed by atoms with Crippen LogP contribution in [0.2, 0.25) is 0 Å². The van der Waals surface area contributed by atoms with Crippen LogP contribution in [0.5, 0.6) is 0 Å². The largest absolute Gasteiger partial charge is 0.465 e. The molecule has 0 heterocycles. The quantitative estimate of drug-likeness (QED) is 0.558. The van der Waals surface area contributed by atoms with Gasteiger partial charge in [0, 0.05) is 0 Å². The van der Waals surface area contributed by atoms with Gasteiger partial charge in [-0.25, -0.2) is 4.79 Å². The van der Waals surface area contributed by atoms with Crippen molar-refractivity contribution in [1.82, 2.24) is 0 Å². The van der Waals surface area contributed by atoms with E-state index in [0.29, 0.717) is 0 Å². The molecule has 52 valence electrons. The molecule has 1 aromatic carbocycles. The van der Waals surface area contributed by atoms with E-state index in [1.54, 1.807) is 0 Å². The molecule has 0 atom stereocenters. The van der Waals surface area contributed by atoms with Gasteiger partial charge in [-0.1, -0.05) is 18.1 Å². The summed E-state index contributed by atoms with van der Waals surface area (Å²) in [6.07, 6.45) is 0. The van der Waals surface area contributed by atoms with Gasteiger partial charge in [0.25, 0.3) is 0 Å². The second-order valence-electron chi connectivity index (χ2n) is 1.39. The number of hydrogen-bond acceptors (Lipinski definition) is 2. The molecule has 1 aromatic rings.